The maximum absolute atomic E-state index is 13.5. The van der Waals surface area contributed by atoms with E-state index in [9.17, 15) is 9.59 Å². The molecule has 4 aromatic rings. The first-order valence-corrected chi connectivity index (χ1v) is 9.17. The lowest BCUT2D eigenvalue weighted by Crippen LogP contribution is -2.30. The number of ether oxygens (including phenoxy) is 1. The predicted octanol–water partition coefficient (Wildman–Crippen LogP) is 2.99. The number of methoxy groups -OCH3 is 1. The summed E-state index contributed by atoms with van der Waals surface area (Å²) in [4.78, 5) is 41.0. The summed E-state index contributed by atoms with van der Waals surface area (Å²) in [5.74, 6) is -0.360. The third-order valence-corrected chi connectivity index (χ3v) is 4.77. The SMILES string of the molecule is COc1ccc2nc(N(C(=O)c3[nH]cnc3C(N)=O)c3ccc(C)cc3C)[nH]c2c1. The number of amides is 2. The van der Waals surface area contributed by atoms with Crippen molar-refractivity contribution in [2.45, 2.75) is 13.8 Å². The van der Waals surface area contributed by atoms with Crippen molar-refractivity contribution < 1.29 is 14.3 Å². The van der Waals surface area contributed by atoms with Gasteiger partial charge in [-0.25, -0.2) is 14.9 Å². The van der Waals surface area contributed by atoms with Crippen LogP contribution < -0.4 is 15.4 Å². The number of H-pyrrole nitrogens is 2. The van der Waals surface area contributed by atoms with Crippen molar-refractivity contribution in [2.75, 3.05) is 12.0 Å². The Labute approximate surface area is 171 Å². The largest absolute Gasteiger partial charge is 0.497 e. The molecule has 0 radical (unpaired) electrons. The number of aromatic amines is 2. The van der Waals surface area contributed by atoms with E-state index in [1.54, 1.807) is 25.3 Å². The monoisotopic (exact) mass is 404 g/mol. The first kappa shape index (κ1) is 19.2. The minimum absolute atomic E-state index is 0.0134. The fraction of sp³-hybridized carbons (Fsp3) is 0.143. The highest BCUT2D eigenvalue weighted by Crippen LogP contribution is 2.31. The lowest BCUT2D eigenvalue weighted by molar-refractivity contribution is 0.0961. The number of imidazole rings is 2. The molecular formula is C21H20N6O3. The van der Waals surface area contributed by atoms with Crippen LogP contribution in [0.4, 0.5) is 11.6 Å². The molecule has 0 saturated heterocycles. The highest BCUT2D eigenvalue weighted by molar-refractivity contribution is 6.14. The van der Waals surface area contributed by atoms with Crippen molar-refractivity contribution in [3.05, 3.63) is 65.2 Å². The van der Waals surface area contributed by atoms with Crippen molar-refractivity contribution in [1.29, 1.82) is 0 Å². The molecule has 0 unspecified atom stereocenters. The molecule has 9 nitrogen and oxygen atoms in total. The topological polar surface area (TPSA) is 130 Å². The van der Waals surface area contributed by atoms with E-state index < -0.39 is 11.8 Å². The fourth-order valence-electron chi connectivity index (χ4n) is 3.34. The number of hydrogen-bond donors (Lipinski definition) is 3. The lowest BCUT2D eigenvalue weighted by atomic mass is 10.1. The van der Waals surface area contributed by atoms with E-state index in [4.69, 9.17) is 10.5 Å². The summed E-state index contributed by atoms with van der Waals surface area (Å²) >= 11 is 0. The van der Waals surface area contributed by atoms with Gasteiger partial charge in [0.05, 0.1) is 30.2 Å². The summed E-state index contributed by atoms with van der Waals surface area (Å²) in [6, 6.07) is 11.1. The summed E-state index contributed by atoms with van der Waals surface area (Å²) in [5, 5.41) is 0. The summed E-state index contributed by atoms with van der Waals surface area (Å²) in [6.07, 6.45) is 1.26. The molecule has 30 heavy (non-hydrogen) atoms. The quantitative estimate of drug-likeness (QED) is 0.471. The van der Waals surface area contributed by atoms with E-state index in [-0.39, 0.29) is 11.4 Å². The van der Waals surface area contributed by atoms with Crippen LogP contribution in [0.1, 0.15) is 32.1 Å². The number of carbonyl (C=O) groups is 2. The predicted molar refractivity (Wildman–Crippen MR) is 112 cm³/mol. The van der Waals surface area contributed by atoms with Gasteiger partial charge in [0.2, 0.25) is 5.95 Å². The molecule has 2 aromatic heterocycles. The highest BCUT2D eigenvalue weighted by atomic mass is 16.5. The van der Waals surface area contributed by atoms with Gasteiger partial charge in [-0.1, -0.05) is 17.7 Å². The Balaban J connectivity index is 1.91. The van der Waals surface area contributed by atoms with Crippen LogP contribution in [-0.2, 0) is 0 Å². The van der Waals surface area contributed by atoms with Crippen LogP contribution in [0.2, 0.25) is 0 Å². The Morgan fingerprint density at radius 2 is 1.93 bits per heavy atom. The van der Waals surface area contributed by atoms with E-state index >= 15 is 0 Å². The van der Waals surface area contributed by atoms with Gasteiger partial charge < -0.3 is 20.4 Å². The van der Waals surface area contributed by atoms with Crippen LogP contribution in [0.3, 0.4) is 0 Å². The standard InChI is InChI=1S/C21H20N6O3/c1-11-4-7-16(12(2)8-11)27(20(29)18-17(19(22)28)23-10-24-18)21-25-14-6-5-13(30-3)9-15(14)26-21/h4-10H,1-3H3,(H2,22,28)(H,23,24)(H,25,26). The number of hydrogen-bond acceptors (Lipinski definition) is 5. The van der Waals surface area contributed by atoms with Crippen LogP contribution in [0.15, 0.2) is 42.7 Å². The van der Waals surface area contributed by atoms with Gasteiger partial charge in [0.1, 0.15) is 11.4 Å². The molecule has 2 heterocycles. The number of anilines is 2. The Bertz CT molecular complexity index is 1270. The number of fused-ring (bicyclic) bond motifs is 1. The molecular weight excluding hydrogens is 384 g/mol. The molecule has 4 N–H and O–H groups in total. The molecule has 0 atom stereocenters. The first-order valence-electron chi connectivity index (χ1n) is 9.17. The van der Waals surface area contributed by atoms with Crippen LogP contribution in [-0.4, -0.2) is 38.9 Å². The van der Waals surface area contributed by atoms with Crippen molar-refractivity contribution in [3.63, 3.8) is 0 Å². The number of nitrogens with zero attached hydrogens (tertiary/aromatic N) is 3. The number of rotatable bonds is 5. The zero-order valence-corrected chi connectivity index (χ0v) is 16.7. The smallest absolute Gasteiger partial charge is 0.284 e. The van der Waals surface area contributed by atoms with E-state index in [1.807, 2.05) is 32.0 Å². The third-order valence-electron chi connectivity index (χ3n) is 4.77. The molecule has 0 aliphatic heterocycles. The van der Waals surface area contributed by atoms with Crippen molar-refractivity contribution in [3.8, 4) is 5.75 Å². The number of primary amides is 1. The van der Waals surface area contributed by atoms with E-state index in [2.05, 4.69) is 19.9 Å². The number of benzene rings is 2. The summed E-state index contributed by atoms with van der Waals surface area (Å²) in [6.45, 7) is 3.87. The first-order chi connectivity index (χ1) is 14.4. The second-order valence-electron chi connectivity index (χ2n) is 6.86. The third kappa shape index (κ3) is 3.26. The molecule has 0 spiro atoms. The molecule has 0 aliphatic carbocycles. The van der Waals surface area contributed by atoms with Gasteiger partial charge in [-0.2, -0.15) is 0 Å². The molecule has 0 bridgehead atoms. The van der Waals surface area contributed by atoms with Gasteiger partial charge in [-0.05, 0) is 37.6 Å². The normalized spacial score (nSPS) is 10.9. The van der Waals surface area contributed by atoms with Gasteiger partial charge in [-0.15, -0.1) is 0 Å². The van der Waals surface area contributed by atoms with E-state index in [0.717, 1.165) is 11.1 Å². The van der Waals surface area contributed by atoms with Gasteiger partial charge >= 0.3 is 0 Å². The summed E-state index contributed by atoms with van der Waals surface area (Å²) < 4.78 is 5.26. The highest BCUT2D eigenvalue weighted by Gasteiger charge is 2.29. The minimum Gasteiger partial charge on any atom is -0.497 e. The maximum Gasteiger partial charge on any atom is 0.284 e. The molecule has 0 saturated carbocycles. The summed E-state index contributed by atoms with van der Waals surface area (Å²) in [5.41, 5.74) is 9.13. The van der Waals surface area contributed by atoms with E-state index in [0.29, 0.717) is 28.4 Å². The minimum atomic E-state index is -0.797. The molecule has 4 rings (SSSR count). The average Bonchev–Trinajstić information content (AvgIpc) is 3.36. The van der Waals surface area contributed by atoms with Crippen molar-refractivity contribution in [1.82, 2.24) is 19.9 Å². The lowest BCUT2D eigenvalue weighted by Gasteiger charge is -2.22. The molecule has 2 aromatic carbocycles. The van der Waals surface area contributed by atoms with Gasteiger partial charge in [0.15, 0.2) is 5.69 Å². The van der Waals surface area contributed by atoms with Gasteiger partial charge in [0.25, 0.3) is 11.8 Å². The van der Waals surface area contributed by atoms with Crippen LogP contribution in [0.5, 0.6) is 5.75 Å². The van der Waals surface area contributed by atoms with Crippen LogP contribution >= 0.6 is 0 Å². The summed E-state index contributed by atoms with van der Waals surface area (Å²) in [7, 11) is 1.58. The fourth-order valence-corrected chi connectivity index (χ4v) is 3.34. The molecule has 2 amide bonds. The number of carbonyl (C=O) groups excluding carboxylic acids is 2. The number of aromatic nitrogens is 4. The number of aryl methyl sites for hydroxylation is 2. The van der Waals surface area contributed by atoms with Gasteiger partial charge in [-0.3, -0.25) is 9.59 Å². The van der Waals surface area contributed by atoms with Crippen molar-refractivity contribution in [2.24, 2.45) is 5.73 Å². The average molecular weight is 404 g/mol. The van der Waals surface area contributed by atoms with Gasteiger partial charge in [0, 0.05) is 6.07 Å². The molecule has 0 aliphatic rings. The second kappa shape index (κ2) is 7.36. The number of nitrogens with one attached hydrogen (secondary N) is 2. The molecule has 9 heteroatoms. The van der Waals surface area contributed by atoms with Crippen LogP contribution in [0, 0.1) is 13.8 Å². The zero-order chi connectivity index (χ0) is 21.4. The molecule has 0 fully saturated rings. The Hall–Kier alpha value is -4.14. The van der Waals surface area contributed by atoms with Crippen molar-refractivity contribution >= 4 is 34.5 Å². The number of nitrogens with two attached hydrogens (primary N) is 1. The second-order valence-corrected chi connectivity index (χ2v) is 6.86. The van der Waals surface area contributed by atoms with Crippen LogP contribution in [0.25, 0.3) is 11.0 Å². The maximum atomic E-state index is 13.5. The van der Waals surface area contributed by atoms with E-state index in [1.165, 1.54) is 11.2 Å². The Kier molecular flexibility index (Phi) is 4.71. The zero-order valence-electron chi connectivity index (χ0n) is 16.7. The Morgan fingerprint density at radius 1 is 1.13 bits per heavy atom. The molecule has 152 valence electrons. The Morgan fingerprint density at radius 3 is 2.63 bits per heavy atom.